The Morgan fingerprint density at radius 2 is 1.92 bits per heavy atom. The van der Waals surface area contributed by atoms with Crippen LogP contribution in [0.3, 0.4) is 0 Å². The zero-order chi connectivity index (χ0) is 17.5. The molecule has 8 heteroatoms. The van der Waals surface area contributed by atoms with Crippen LogP contribution < -0.4 is 9.47 Å². The van der Waals surface area contributed by atoms with Gasteiger partial charge in [-0.1, -0.05) is 17.8 Å². The molecule has 2 heterocycles. The molecule has 25 heavy (non-hydrogen) atoms. The van der Waals surface area contributed by atoms with Crippen LogP contribution in [0.4, 0.5) is 0 Å². The number of hydrogen-bond donors (Lipinski definition) is 1. The first-order chi connectivity index (χ1) is 12.2. The summed E-state index contributed by atoms with van der Waals surface area (Å²) in [5.74, 6) is 2.38. The molecule has 1 unspecified atom stereocenters. The van der Waals surface area contributed by atoms with Gasteiger partial charge in [-0.25, -0.2) is 0 Å². The smallest absolute Gasteiger partial charge is 0.276 e. The number of ether oxygens (including phenoxy) is 2. The van der Waals surface area contributed by atoms with Gasteiger partial charge in [-0.2, -0.15) is 0 Å². The molecule has 132 valence electrons. The highest BCUT2D eigenvalue weighted by Gasteiger charge is 2.13. The van der Waals surface area contributed by atoms with Crippen molar-refractivity contribution in [2.24, 2.45) is 0 Å². The van der Waals surface area contributed by atoms with E-state index in [1.807, 2.05) is 48.7 Å². The van der Waals surface area contributed by atoms with Crippen LogP contribution in [0.2, 0.25) is 0 Å². The number of thioether (sulfide) groups is 1. The lowest BCUT2D eigenvalue weighted by Crippen LogP contribution is -2.20. The molecular formula is C17H18N2O4S2. The molecule has 0 bridgehead atoms. The van der Waals surface area contributed by atoms with Crippen molar-refractivity contribution >= 4 is 23.1 Å². The van der Waals surface area contributed by atoms with Crippen molar-refractivity contribution in [1.82, 2.24) is 10.2 Å². The average Bonchev–Trinajstić information content (AvgIpc) is 3.31. The lowest BCUT2D eigenvalue weighted by molar-refractivity contribution is 0.126. The molecule has 0 aliphatic carbocycles. The minimum atomic E-state index is -0.645. The Morgan fingerprint density at radius 1 is 1.16 bits per heavy atom. The number of aliphatic hydroxyl groups excluding tert-OH is 1. The van der Waals surface area contributed by atoms with E-state index in [1.165, 1.54) is 23.1 Å². The van der Waals surface area contributed by atoms with Crippen molar-refractivity contribution in [3.05, 3.63) is 41.8 Å². The maximum absolute atomic E-state index is 10.0. The van der Waals surface area contributed by atoms with E-state index >= 15 is 0 Å². The van der Waals surface area contributed by atoms with Gasteiger partial charge < -0.3 is 19.0 Å². The monoisotopic (exact) mass is 378 g/mol. The van der Waals surface area contributed by atoms with Crippen LogP contribution in [0.15, 0.2) is 51.4 Å². The molecule has 0 spiro atoms. The van der Waals surface area contributed by atoms with Crippen LogP contribution in [0.5, 0.6) is 11.5 Å². The summed E-state index contributed by atoms with van der Waals surface area (Å²) >= 11 is 2.84. The van der Waals surface area contributed by atoms with Gasteiger partial charge >= 0.3 is 0 Å². The number of benzene rings is 1. The molecule has 2 aromatic heterocycles. The van der Waals surface area contributed by atoms with Gasteiger partial charge in [0.15, 0.2) is 0 Å². The van der Waals surface area contributed by atoms with Crippen LogP contribution in [0, 0.1) is 0 Å². The third-order valence-electron chi connectivity index (χ3n) is 3.11. The summed E-state index contributed by atoms with van der Waals surface area (Å²) in [5.41, 5.74) is 0. The molecule has 0 amide bonds. The van der Waals surface area contributed by atoms with Crippen LogP contribution in [-0.2, 0) is 0 Å². The second kappa shape index (κ2) is 8.89. The lowest BCUT2D eigenvalue weighted by atomic mass is 10.3. The average molecular weight is 378 g/mol. The van der Waals surface area contributed by atoms with Gasteiger partial charge in [0.05, 0.1) is 17.6 Å². The first kappa shape index (κ1) is 17.8. The number of nitrogens with zero attached hydrogens (tertiary/aromatic N) is 2. The highest BCUT2D eigenvalue weighted by molar-refractivity contribution is 7.99. The van der Waals surface area contributed by atoms with Gasteiger partial charge in [-0.15, -0.1) is 21.5 Å². The van der Waals surface area contributed by atoms with Gasteiger partial charge in [-0.3, -0.25) is 0 Å². The van der Waals surface area contributed by atoms with E-state index in [2.05, 4.69) is 10.2 Å². The van der Waals surface area contributed by atoms with Gasteiger partial charge in [0, 0.05) is 5.75 Å². The number of aliphatic hydroxyl groups is 1. The first-order valence-electron chi connectivity index (χ1n) is 7.78. The fourth-order valence-electron chi connectivity index (χ4n) is 1.97. The zero-order valence-electron chi connectivity index (χ0n) is 13.6. The summed E-state index contributed by atoms with van der Waals surface area (Å²) in [4.78, 5) is 0.929. The van der Waals surface area contributed by atoms with Crippen LogP contribution in [0.1, 0.15) is 6.92 Å². The molecule has 0 fully saturated rings. The summed E-state index contributed by atoms with van der Waals surface area (Å²) in [6, 6.07) is 11.2. The summed E-state index contributed by atoms with van der Waals surface area (Å²) in [7, 11) is 0. The predicted molar refractivity (Wildman–Crippen MR) is 97.4 cm³/mol. The minimum Gasteiger partial charge on any atom is -0.494 e. The molecule has 3 rings (SSSR count). The Kier molecular flexibility index (Phi) is 6.32. The molecule has 1 N–H and O–H groups in total. The van der Waals surface area contributed by atoms with Crippen molar-refractivity contribution in [2.75, 3.05) is 19.0 Å². The van der Waals surface area contributed by atoms with Crippen LogP contribution in [-0.4, -0.2) is 40.4 Å². The Balaban J connectivity index is 1.43. The highest BCUT2D eigenvalue weighted by atomic mass is 32.2. The molecule has 0 aliphatic rings. The third kappa shape index (κ3) is 5.22. The minimum absolute atomic E-state index is 0.187. The van der Waals surface area contributed by atoms with Crippen molar-refractivity contribution < 1.29 is 19.0 Å². The summed E-state index contributed by atoms with van der Waals surface area (Å²) in [5, 5.41) is 20.4. The van der Waals surface area contributed by atoms with Crippen molar-refractivity contribution in [2.45, 2.75) is 18.3 Å². The molecule has 0 radical (unpaired) electrons. The summed E-state index contributed by atoms with van der Waals surface area (Å²) in [6.45, 7) is 2.75. The van der Waals surface area contributed by atoms with Crippen LogP contribution in [0.25, 0.3) is 10.8 Å². The Hall–Kier alpha value is -2.03. The van der Waals surface area contributed by atoms with Crippen LogP contribution >= 0.6 is 23.1 Å². The van der Waals surface area contributed by atoms with Crippen molar-refractivity contribution in [1.29, 1.82) is 0 Å². The van der Waals surface area contributed by atoms with E-state index in [-0.39, 0.29) is 6.61 Å². The Morgan fingerprint density at radius 3 is 2.60 bits per heavy atom. The van der Waals surface area contributed by atoms with E-state index in [4.69, 9.17) is 13.9 Å². The largest absolute Gasteiger partial charge is 0.494 e. The van der Waals surface area contributed by atoms with Crippen molar-refractivity contribution in [3.8, 4) is 22.3 Å². The predicted octanol–water partition coefficient (Wildman–Crippen LogP) is 3.73. The summed E-state index contributed by atoms with van der Waals surface area (Å²) < 4.78 is 16.5. The zero-order valence-corrected chi connectivity index (χ0v) is 15.3. The molecular weight excluding hydrogens is 360 g/mol. The maximum Gasteiger partial charge on any atom is 0.276 e. The number of aromatic nitrogens is 2. The van der Waals surface area contributed by atoms with E-state index in [1.54, 1.807) is 0 Å². The third-order valence-corrected chi connectivity index (χ3v) is 4.94. The van der Waals surface area contributed by atoms with E-state index < -0.39 is 6.10 Å². The second-order valence-corrected chi connectivity index (χ2v) is 6.95. The molecule has 3 aromatic rings. The van der Waals surface area contributed by atoms with E-state index in [9.17, 15) is 5.11 Å². The fraction of sp³-hybridized carbons (Fsp3) is 0.294. The van der Waals surface area contributed by atoms with E-state index in [0.717, 1.165) is 10.6 Å². The van der Waals surface area contributed by atoms with Gasteiger partial charge in [0.2, 0.25) is 0 Å². The quantitative estimate of drug-likeness (QED) is 0.568. The second-order valence-electron chi connectivity index (χ2n) is 5.03. The summed E-state index contributed by atoms with van der Waals surface area (Å²) in [6.07, 6.45) is -0.645. The molecule has 1 aromatic carbocycles. The highest BCUT2D eigenvalue weighted by Crippen LogP contribution is 2.26. The number of rotatable bonds is 9. The molecule has 0 aliphatic heterocycles. The maximum atomic E-state index is 10.0. The Bertz CT molecular complexity index is 759. The van der Waals surface area contributed by atoms with Crippen molar-refractivity contribution in [3.63, 3.8) is 0 Å². The molecule has 1 atom stereocenters. The Labute approximate surface area is 153 Å². The topological polar surface area (TPSA) is 77.6 Å². The van der Waals surface area contributed by atoms with Gasteiger partial charge in [-0.05, 0) is 42.6 Å². The van der Waals surface area contributed by atoms with Gasteiger partial charge in [0.25, 0.3) is 11.1 Å². The standard InChI is InChI=1S/C17H18N2O4S2/c1-2-21-13-5-7-14(8-6-13)22-10-12(20)11-25-17-19-18-16(23-17)15-4-3-9-24-15/h3-9,12,20H,2,10-11H2,1H3. The van der Waals surface area contributed by atoms with Gasteiger partial charge in [0.1, 0.15) is 18.1 Å². The first-order valence-corrected chi connectivity index (χ1v) is 9.65. The fourth-order valence-corrected chi connectivity index (χ4v) is 3.29. The molecule has 0 saturated carbocycles. The molecule has 0 saturated heterocycles. The molecule has 6 nitrogen and oxygen atoms in total. The number of thiophene rings is 1. The van der Waals surface area contributed by atoms with E-state index in [0.29, 0.717) is 29.2 Å². The lowest BCUT2D eigenvalue weighted by Gasteiger charge is -2.11. The number of hydrogen-bond acceptors (Lipinski definition) is 8. The normalized spacial score (nSPS) is 12.1. The SMILES string of the molecule is CCOc1ccc(OCC(O)CSc2nnc(-c3cccs3)o2)cc1.